The summed E-state index contributed by atoms with van der Waals surface area (Å²) in [4.78, 5) is 19.7. The summed E-state index contributed by atoms with van der Waals surface area (Å²) in [7, 11) is 0. The summed E-state index contributed by atoms with van der Waals surface area (Å²) in [6.45, 7) is 1.99. The number of hydrogen-bond acceptors (Lipinski definition) is 4. The number of nitrogens with two attached hydrogens (primary N) is 1. The van der Waals surface area contributed by atoms with Crippen LogP contribution in [0.3, 0.4) is 0 Å². The Morgan fingerprint density at radius 2 is 2.10 bits per heavy atom. The third kappa shape index (κ3) is 3.30. The van der Waals surface area contributed by atoms with Crippen LogP contribution in [0.4, 0.5) is 0 Å². The minimum atomic E-state index is -0.0371. The van der Waals surface area contributed by atoms with Crippen molar-refractivity contribution in [3.63, 3.8) is 0 Å². The van der Waals surface area contributed by atoms with Gasteiger partial charge in [0, 0.05) is 11.3 Å². The molecule has 1 heterocycles. The molecule has 0 spiro atoms. The summed E-state index contributed by atoms with van der Waals surface area (Å²) in [6.07, 6.45) is 4.56. The average Bonchev–Trinajstić information content (AvgIpc) is 2.48. The van der Waals surface area contributed by atoms with Crippen molar-refractivity contribution in [2.24, 2.45) is 5.73 Å². The van der Waals surface area contributed by atoms with Crippen LogP contribution < -0.4 is 11.3 Å². The molecule has 112 valence electrons. The molecule has 0 unspecified atom stereocenters. The third-order valence-corrected chi connectivity index (χ3v) is 5.54. The van der Waals surface area contributed by atoms with E-state index in [0.29, 0.717) is 16.7 Å². The molecule has 0 atom stereocenters. The molecule has 3 rings (SSSR count). The topological polar surface area (TPSA) is 71.8 Å². The Hall–Kier alpha value is -1.33. The van der Waals surface area contributed by atoms with Gasteiger partial charge in [-0.2, -0.15) is 11.8 Å². The van der Waals surface area contributed by atoms with Gasteiger partial charge >= 0.3 is 0 Å². The van der Waals surface area contributed by atoms with Gasteiger partial charge in [-0.05, 0) is 44.2 Å². The van der Waals surface area contributed by atoms with Crippen LogP contribution in [0.1, 0.15) is 37.1 Å². The molecule has 4 nitrogen and oxygen atoms in total. The number of nitrogens with one attached hydrogen (secondary N) is 1. The SMILES string of the molecule is Cc1cccc2c(=O)[nH]c(CSC3CCC(N)CC3)nc12. The molecule has 1 fully saturated rings. The second-order valence-electron chi connectivity index (χ2n) is 5.83. The molecule has 0 amide bonds. The predicted octanol–water partition coefficient (Wildman–Crippen LogP) is 2.73. The van der Waals surface area contributed by atoms with E-state index < -0.39 is 0 Å². The van der Waals surface area contributed by atoms with E-state index in [-0.39, 0.29) is 5.56 Å². The lowest BCUT2D eigenvalue weighted by molar-refractivity contribution is 0.450. The number of H-pyrrole nitrogens is 1. The van der Waals surface area contributed by atoms with Crippen molar-refractivity contribution in [2.75, 3.05) is 0 Å². The van der Waals surface area contributed by atoms with Crippen LogP contribution >= 0.6 is 11.8 Å². The molecule has 0 bridgehead atoms. The normalized spacial score (nSPS) is 22.6. The summed E-state index contributed by atoms with van der Waals surface area (Å²) in [5.74, 6) is 1.54. The molecule has 1 aliphatic rings. The highest BCUT2D eigenvalue weighted by Crippen LogP contribution is 2.29. The highest BCUT2D eigenvalue weighted by molar-refractivity contribution is 7.99. The highest BCUT2D eigenvalue weighted by Gasteiger charge is 2.19. The van der Waals surface area contributed by atoms with Crippen molar-refractivity contribution < 1.29 is 0 Å². The number of fused-ring (bicyclic) bond motifs is 1. The fourth-order valence-corrected chi connectivity index (χ4v) is 4.01. The maximum atomic E-state index is 12.1. The minimum Gasteiger partial charge on any atom is -0.328 e. The number of hydrogen-bond donors (Lipinski definition) is 2. The van der Waals surface area contributed by atoms with E-state index in [1.165, 1.54) is 12.8 Å². The molecule has 21 heavy (non-hydrogen) atoms. The summed E-state index contributed by atoms with van der Waals surface area (Å²) in [5, 5.41) is 1.31. The third-order valence-electron chi connectivity index (χ3n) is 4.16. The Labute approximate surface area is 128 Å². The van der Waals surface area contributed by atoms with E-state index in [9.17, 15) is 4.79 Å². The number of para-hydroxylation sites is 1. The van der Waals surface area contributed by atoms with Crippen LogP contribution in [-0.2, 0) is 5.75 Å². The number of aromatic amines is 1. The van der Waals surface area contributed by atoms with Gasteiger partial charge in [-0.1, -0.05) is 12.1 Å². The van der Waals surface area contributed by atoms with Gasteiger partial charge in [0.1, 0.15) is 5.82 Å². The number of thioether (sulfide) groups is 1. The smallest absolute Gasteiger partial charge is 0.258 e. The van der Waals surface area contributed by atoms with E-state index in [1.807, 2.05) is 36.9 Å². The first-order valence-corrected chi connectivity index (χ1v) is 8.54. The maximum Gasteiger partial charge on any atom is 0.258 e. The predicted molar refractivity (Wildman–Crippen MR) is 88.6 cm³/mol. The van der Waals surface area contributed by atoms with Crippen LogP contribution in [0.25, 0.3) is 10.9 Å². The van der Waals surface area contributed by atoms with Gasteiger partial charge in [0.2, 0.25) is 0 Å². The number of rotatable bonds is 3. The van der Waals surface area contributed by atoms with E-state index in [1.54, 1.807) is 0 Å². The van der Waals surface area contributed by atoms with E-state index in [0.717, 1.165) is 35.5 Å². The van der Waals surface area contributed by atoms with Crippen molar-refractivity contribution in [2.45, 2.75) is 49.7 Å². The van der Waals surface area contributed by atoms with Crippen LogP contribution in [-0.4, -0.2) is 21.3 Å². The van der Waals surface area contributed by atoms with Gasteiger partial charge in [-0.15, -0.1) is 0 Å². The number of nitrogens with zero attached hydrogens (tertiary/aromatic N) is 1. The summed E-state index contributed by atoms with van der Waals surface area (Å²) >= 11 is 1.89. The first-order valence-electron chi connectivity index (χ1n) is 7.49. The van der Waals surface area contributed by atoms with Gasteiger partial charge in [0.15, 0.2) is 0 Å². The van der Waals surface area contributed by atoms with Crippen molar-refractivity contribution in [1.29, 1.82) is 0 Å². The van der Waals surface area contributed by atoms with Gasteiger partial charge in [0.25, 0.3) is 5.56 Å². The Kier molecular flexibility index (Phi) is 4.31. The van der Waals surface area contributed by atoms with Gasteiger partial charge in [-0.3, -0.25) is 4.79 Å². The molecule has 1 aliphatic carbocycles. The molecule has 0 saturated heterocycles. The second kappa shape index (κ2) is 6.20. The maximum absolute atomic E-state index is 12.1. The first kappa shape index (κ1) is 14.6. The zero-order valence-corrected chi connectivity index (χ0v) is 13.1. The lowest BCUT2D eigenvalue weighted by Gasteiger charge is -2.25. The zero-order chi connectivity index (χ0) is 14.8. The lowest BCUT2D eigenvalue weighted by Crippen LogP contribution is -2.27. The molecule has 1 aromatic heterocycles. The quantitative estimate of drug-likeness (QED) is 0.914. The minimum absolute atomic E-state index is 0.0371. The largest absolute Gasteiger partial charge is 0.328 e. The number of aryl methyl sites for hydroxylation is 1. The summed E-state index contributed by atoms with van der Waals surface area (Å²) in [5.41, 5.74) is 7.77. The standard InChI is InChI=1S/C16H21N3OS/c1-10-3-2-4-13-15(10)18-14(19-16(13)20)9-21-12-7-5-11(17)6-8-12/h2-4,11-12H,5-9,17H2,1H3,(H,18,19,20). The van der Waals surface area contributed by atoms with Gasteiger partial charge in [-0.25, -0.2) is 4.98 Å². The molecular formula is C16H21N3OS. The number of aromatic nitrogens is 2. The molecule has 0 aliphatic heterocycles. The molecule has 5 heteroatoms. The van der Waals surface area contributed by atoms with Crippen molar-refractivity contribution in [1.82, 2.24) is 9.97 Å². The van der Waals surface area contributed by atoms with Crippen LogP contribution in [0.2, 0.25) is 0 Å². The van der Waals surface area contributed by atoms with Crippen molar-refractivity contribution >= 4 is 22.7 Å². The first-order chi connectivity index (χ1) is 10.1. The van der Waals surface area contributed by atoms with E-state index in [4.69, 9.17) is 5.73 Å². The fourth-order valence-electron chi connectivity index (χ4n) is 2.87. The van der Waals surface area contributed by atoms with Crippen molar-refractivity contribution in [3.05, 3.63) is 39.9 Å². The average molecular weight is 303 g/mol. The zero-order valence-electron chi connectivity index (χ0n) is 12.3. The van der Waals surface area contributed by atoms with Crippen molar-refractivity contribution in [3.8, 4) is 0 Å². The Balaban J connectivity index is 1.75. The lowest BCUT2D eigenvalue weighted by atomic mass is 9.96. The van der Waals surface area contributed by atoms with E-state index in [2.05, 4.69) is 9.97 Å². The molecule has 1 saturated carbocycles. The second-order valence-corrected chi connectivity index (χ2v) is 7.12. The van der Waals surface area contributed by atoms with Crippen LogP contribution in [0.15, 0.2) is 23.0 Å². The molecule has 2 aromatic rings. The van der Waals surface area contributed by atoms with Crippen LogP contribution in [0.5, 0.6) is 0 Å². The van der Waals surface area contributed by atoms with Crippen LogP contribution in [0, 0.1) is 6.92 Å². The molecular weight excluding hydrogens is 282 g/mol. The number of benzene rings is 1. The van der Waals surface area contributed by atoms with E-state index >= 15 is 0 Å². The summed E-state index contributed by atoms with van der Waals surface area (Å²) in [6, 6.07) is 6.10. The Morgan fingerprint density at radius 3 is 2.86 bits per heavy atom. The van der Waals surface area contributed by atoms with Gasteiger partial charge < -0.3 is 10.7 Å². The van der Waals surface area contributed by atoms with Gasteiger partial charge in [0.05, 0.1) is 16.7 Å². The summed E-state index contributed by atoms with van der Waals surface area (Å²) < 4.78 is 0. The monoisotopic (exact) mass is 303 g/mol. The highest BCUT2D eigenvalue weighted by atomic mass is 32.2. The fraction of sp³-hybridized carbons (Fsp3) is 0.500. The molecule has 1 aromatic carbocycles. The molecule has 3 N–H and O–H groups in total. The Morgan fingerprint density at radius 1 is 1.33 bits per heavy atom. The Bertz CT molecular complexity index is 689. The molecule has 0 radical (unpaired) electrons.